The number of hydrogen-bond donors (Lipinski definition) is 3. The standard InChI is InChI=1S/C11H19N3O2S/c1-11(2,8-12)14-9-4-6-10(7-5-9)17(15,16)13-3/h4-7,13-14H,8,12H2,1-3H3. The molecule has 96 valence electrons. The van der Waals surface area contributed by atoms with Crippen LogP contribution in [0, 0.1) is 0 Å². The summed E-state index contributed by atoms with van der Waals surface area (Å²) in [7, 11) is -1.98. The van der Waals surface area contributed by atoms with Crippen molar-refractivity contribution in [3.05, 3.63) is 24.3 Å². The molecule has 0 saturated carbocycles. The molecule has 0 bridgehead atoms. The second-order valence-corrected chi connectivity index (χ2v) is 6.33. The van der Waals surface area contributed by atoms with Crippen molar-refractivity contribution in [3.8, 4) is 0 Å². The predicted octanol–water partition coefficient (Wildman–Crippen LogP) is 0.744. The molecule has 0 aliphatic rings. The van der Waals surface area contributed by atoms with E-state index in [1.807, 2.05) is 13.8 Å². The largest absolute Gasteiger partial charge is 0.379 e. The smallest absolute Gasteiger partial charge is 0.240 e. The molecule has 0 aromatic heterocycles. The van der Waals surface area contributed by atoms with Crippen LogP contribution in [0.5, 0.6) is 0 Å². The van der Waals surface area contributed by atoms with E-state index in [0.29, 0.717) is 6.54 Å². The van der Waals surface area contributed by atoms with Crippen LogP contribution in [0.2, 0.25) is 0 Å². The minimum Gasteiger partial charge on any atom is -0.379 e. The average molecular weight is 257 g/mol. The number of sulfonamides is 1. The summed E-state index contributed by atoms with van der Waals surface area (Å²) in [5.74, 6) is 0. The van der Waals surface area contributed by atoms with E-state index in [-0.39, 0.29) is 10.4 Å². The van der Waals surface area contributed by atoms with Gasteiger partial charge in [0.2, 0.25) is 10.0 Å². The highest BCUT2D eigenvalue weighted by Gasteiger charge is 2.15. The van der Waals surface area contributed by atoms with Crippen molar-refractivity contribution in [1.29, 1.82) is 0 Å². The van der Waals surface area contributed by atoms with Gasteiger partial charge in [0.15, 0.2) is 0 Å². The minimum atomic E-state index is -3.37. The first-order valence-corrected chi connectivity index (χ1v) is 6.81. The molecule has 1 rings (SSSR count). The molecule has 1 aromatic rings. The van der Waals surface area contributed by atoms with Gasteiger partial charge < -0.3 is 11.1 Å². The maximum absolute atomic E-state index is 11.5. The van der Waals surface area contributed by atoms with E-state index < -0.39 is 10.0 Å². The zero-order valence-corrected chi connectivity index (χ0v) is 11.1. The Bertz CT molecular complexity index is 466. The predicted molar refractivity (Wildman–Crippen MR) is 69.4 cm³/mol. The van der Waals surface area contributed by atoms with Gasteiger partial charge in [0, 0.05) is 17.8 Å². The SMILES string of the molecule is CNS(=O)(=O)c1ccc(NC(C)(C)CN)cc1. The third-order valence-corrected chi connectivity index (χ3v) is 3.86. The third-order valence-electron chi connectivity index (χ3n) is 2.43. The lowest BCUT2D eigenvalue weighted by Gasteiger charge is -2.25. The lowest BCUT2D eigenvalue weighted by molar-refractivity contribution is 0.580. The van der Waals surface area contributed by atoms with Crippen molar-refractivity contribution in [2.24, 2.45) is 5.73 Å². The third kappa shape index (κ3) is 3.69. The summed E-state index contributed by atoms with van der Waals surface area (Å²) in [6.07, 6.45) is 0. The average Bonchev–Trinajstić information content (AvgIpc) is 2.29. The van der Waals surface area contributed by atoms with Crippen molar-refractivity contribution in [3.63, 3.8) is 0 Å². The van der Waals surface area contributed by atoms with Crippen molar-refractivity contribution >= 4 is 15.7 Å². The summed E-state index contributed by atoms with van der Waals surface area (Å²) in [6, 6.07) is 6.56. The molecule has 6 heteroatoms. The van der Waals surface area contributed by atoms with Crippen molar-refractivity contribution in [1.82, 2.24) is 4.72 Å². The monoisotopic (exact) mass is 257 g/mol. The summed E-state index contributed by atoms with van der Waals surface area (Å²) < 4.78 is 25.3. The van der Waals surface area contributed by atoms with Gasteiger partial charge in [-0.3, -0.25) is 0 Å². The molecule has 0 fully saturated rings. The van der Waals surface area contributed by atoms with E-state index in [1.54, 1.807) is 24.3 Å². The Balaban J connectivity index is 2.90. The number of nitrogens with one attached hydrogen (secondary N) is 2. The van der Waals surface area contributed by atoms with E-state index in [9.17, 15) is 8.42 Å². The molecule has 0 aliphatic carbocycles. The topological polar surface area (TPSA) is 84.2 Å². The summed E-state index contributed by atoms with van der Waals surface area (Å²) >= 11 is 0. The summed E-state index contributed by atoms with van der Waals surface area (Å²) in [5.41, 5.74) is 6.23. The van der Waals surface area contributed by atoms with E-state index >= 15 is 0 Å². The molecule has 0 amide bonds. The Morgan fingerprint density at radius 1 is 1.24 bits per heavy atom. The second kappa shape index (κ2) is 5.03. The number of nitrogens with two attached hydrogens (primary N) is 1. The van der Waals surface area contributed by atoms with Gasteiger partial charge in [-0.2, -0.15) is 0 Å². The molecule has 0 unspecified atom stereocenters. The summed E-state index contributed by atoms with van der Waals surface area (Å²) in [4.78, 5) is 0.246. The number of rotatable bonds is 5. The molecule has 17 heavy (non-hydrogen) atoms. The molecule has 0 radical (unpaired) electrons. The first-order chi connectivity index (χ1) is 7.80. The maximum Gasteiger partial charge on any atom is 0.240 e. The molecule has 5 nitrogen and oxygen atoms in total. The van der Waals surface area contributed by atoms with Crippen molar-refractivity contribution < 1.29 is 8.42 Å². The summed E-state index contributed by atoms with van der Waals surface area (Å²) in [6.45, 7) is 4.44. The Morgan fingerprint density at radius 2 is 1.76 bits per heavy atom. The fraction of sp³-hybridized carbons (Fsp3) is 0.455. The van der Waals surface area contributed by atoms with Gasteiger partial charge in [-0.25, -0.2) is 13.1 Å². The zero-order chi connectivity index (χ0) is 13.1. The normalized spacial score (nSPS) is 12.5. The quantitative estimate of drug-likeness (QED) is 0.726. The number of anilines is 1. The Morgan fingerprint density at radius 3 is 2.18 bits per heavy atom. The number of benzene rings is 1. The molecule has 4 N–H and O–H groups in total. The van der Waals surface area contributed by atoms with Crippen LogP contribution < -0.4 is 15.8 Å². The first kappa shape index (κ1) is 14.0. The van der Waals surface area contributed by atoms with Gasteiger partial charge in [-0.1, -0.05) is 0 Å². The van der Waals surface area contributed by atoms with Crippen LogP contribution in [-0.4, -0.2) is 27.5 Å². The van der Waals surface area contributed by atoms with Crippen LogP contribution in [0.1, 0.15) is 13.8 Å². The highest BCUT2D eigenvalue weighted by Crippen LogP contribution is 2.17. The van der Waals surface area contributed by atoms with E-state index in [4.69, 9.17) is 5.73 Å². The van der Waals surface area contributed by atoms with Gasteiger partial charge in [0.1, 0.15) is 0 Å². The molecular formula is C11H19N3O2S. The van der Waals surface area contributed by atoms with E-state index in [0.717, 1.165) is 5.69 Å². The van der Waals surface area contributed by atoms with Crippen LogP contribution in [-0.2, 0) is 10.0 Å². The molecule has 0 heterocycles. The lowest BCUT2D eigenvalue weighted by Crippen LogP contribution is -2.39. The highest BCUT2D eigenvalue weighted by atomic mass is 32.2. The molecule has 0 atom stereocenters. The van der Waals surface area contributed by atoms with Crippen LogP contribution in [0.25, 0.3) is 0 Å². The molecule has 0 saturated heterocycles. The van der Waals surface area contributed by atoms with Gasteiger partial charge >= 0.3 is 0 Å². The lowest BCUT2D eigenvalue weighted by atomic mass is 10.1. The van der Waals surface area contributed by atoms with E-state index in [1.165, 1.54) is 7.05 Å². The molecule has 0 spiro atoms. The van der Waals surface area contributed by atoms with E-state index in [2.05, 4.69) is 10.0 Å². The van der Waals surface area contributed by atoms with Crippen LogP contribution in [0.15, 0.2) is 29.2 Å². The summed E-state index contributed by atoms with van der Waals surface area (Å²) in [5, 5.41) is 3.22. The second-order valence-electron chi connectivity index (χ2n) is 4.44. The first-order valence-electron chi connectivity index (χ1n) is 5.32. The Kier molecular flexibility index (Phi) is 4.13. The van der Waals surface area contributed by atoms with Crippen molar-refractivity contribution in [2.45, 2.75) is 24.3 Å². The van der Waals surface area contributed by atoms with Gasteiger partial charge in [0.05, 0.1) is 4.90 Å². The Labute approximate surface area is 102 Å². The highest BCUT2D eigenvalue weighted by molar-refractivity contribution is 7.89. The van der Waals surface area contributed by atoms with Gasteiger partial charge in [-0.05, 0) is 45.2 Å². The molecule has 0 aliphatic heterocycles. The maximum atomic E-state index is 11.5. The van der Waals surface area contributed by atoms with Gasteiger partial charge in [0.25, 0.3) is 0 Å². The van der Waals surface area contributed by atoms with Crippen LogP contribution >= 0.6 is 0 Å². The van der Waals surface area contributed by atoms with Crippen LogP contribution in [0.3, 0.4) is 0 Å². The fourth-order valence-electron chi connectivity index (χ4n) is 1.28. The Hall–Kier alpha value is -1.11. The van der Waals surface area contributed by atoms with Gasteiger partial charge in [-0.15, -0.1) is 0 Å². The zero-order valence-electron chi connectivity index (χ0n) is 10.3. The van der Waals surface area contributed by atoms with Crippen molar-refractivity contribution in [2.75, 3.05) is 18.9 Å². The molecular weight excluding hydrogens is 238 g/mol. The molecule has 1 aromatic carbocycles. The number of hydrogen-bond acceptors (Lipinski definition) is 4. The van der Waals surface area contributed by atoms with Crippen LogP contribution in [0.4, 0.5) is 5.69 Å². The minimum absolute atomic E-state index is 0.219. The fourth-order valence-corrected chi connectivity index (χ4v) is 2.01.